The molecule has 2 aromatic rings. The highest BCUT2D eigenvalue weighted by atomic mass is 79.9. The minimum Gasteiger partial charge on any atom is -0.322 e. The van der Waals surface area contributed by atoms with Crippen LogP contribution in [0.2, 0.25) is 0 Å². The van der Waals surface area contributed by atoms with E-state index >= 15 is 0 Å². The Morgan fingerprint density at radius 3 is 2.78 bits per heavy atom. The van der Waals surface area contributed by atoms with Gasteiger partial charge in [-0.1, -0.05) is 0 Å². The molecule has 0 saturated heterocycles. The zero-order chi connectivity index (χ0) is 13.1. The number of carbonyl (C=O) groups excluding carboxylic acids is 1. The molecule has 0 bridgehead atoms. The third kappa shape index (κ3) is 2.92. The van der Waals surface area contributed by atoms with E-state index in [-0.39, 0.29) is 11.7 Å². The van der Waals surface area contributed by atoms with Crippen LogP contribution in [0.5, 0.6) is 0 Å². The topological polar surface area (TPSA) is 42.0 Å². The molecule has 18 heavy (non-hydrogen) atoms. The number of aromatic nitrogens is 1. The van der Waals surface area contributed by atoms with E-state index < -0.39 is 0 Å². The van der Waals surface area contributed by atoms with Crippen LogP contribution in [0.25, 0.3) is 0 Å². The number of rotatable bonds is 2. The van der Waals surface area contributed by atoms with Crippen molar-refractivity contribution in [3.05, 3.63) is 58.1 Å². The molecule has 0 fully saturated rings. The lowest BCUT2D eigenvalue weighted by Gasteiger charge is -2.08. The Hall–Kier alpha value is -1.75. The molecule has 92 valence electrons. The van der Waals surface area contributed by atoms with Gasteiger partial charge in [-0.3, -0.25) is 9.78 Å². The minimum atomic E-state index is -0.324. The summed E-state index contributed by atoms with van der Waals surface area (Å²) < 4.78 is 13.7. The fourth-order valence-corrected chi connectivity index (χ4v) is 1.86. The third-order valence-corrected chi connectivity index (χ3v) is 2.84. The Morgan fingerprint density at radius 1 is 1.33 bits per heavy atom. The van der Waals surface area contributed by atoms with Gasteiger partial charge in [-0.2, -0.15) is 0 Å². The predicted octanol–water partition coefficient (Wildman–Crippen LogP) is 3.54. The standard InChI is InChI=1S/C13H10BrFN2O/c1-8-4-11(15)2-3-12(8)17-13(18)9-5-10(14)7-16-6-9/h2-7H,1H3,(H,17,18). The first-order valence-corrected chi connectivity index (χ1v) is 6.03. The van der Waals surface area contributed by atoms with Crippen LogP contribution in [0.3, 0.4) is 0 Å². The maximum Gasteiger partial charge on any atom is 0.257 e. The fraction of sp³-hybridized carbons (Fsp3) is 0.0769. The fourth-order valence-electron chi connectivity index (χ4n) is 1.50. The van der Waals surface area contributed by atoms with E-state index in [9.17, 15) is 9.18 Å². The van der Waals surface area contributed by atoms with Crippen LogP contribution in [0.15, 0.2) is 41.1 Å². The molecule has 0 spiro atoms. The van der Waals surface area contributed by atoms with Gasteiger partial charge in [-0.15, -0.1) is 0 Å². The van der Waals surface area contributed by atoms with E-state index in [1.165, 1.54) is 24.4 Å². The van der Waals surface area contributed by atoms with Crippen LogP contribution in [0.1, 0.15) is 15.9 Å². The Labute approximate surface area is 112 Å². The number of hydrogen-bond donors (Lipinski definition) is 1. The van der Waals surface area contributed by atoms with E-state index in [1.54, 1.807) is 19.2 Å². The molecule has 3 nitrogen and oxygen atoms in total. The minimum absolute atomic E-state index is 0.279. The lowest BCUT2D eigenvalue weighted by molar-refractivity contribution is 0.102. The van der Waals surface area contributed by atoms with Crippen molar-refractivity contribution in [3.8, 4) is 0 Å². The van der Waals surface area contributed by atoms with Gasteiger partial charge in [0.05, 0.1) is 5.56 Å². The molecule has 0 aliphatic rings. The molecule has 1 amide bonds. The predicted molar refractivity (Wildman–Crippen MR) is 71.0 cm³/mol. The van der Waals surface area contributed by atoms with Crippen LogP contribution in [-0.2, 0) is 0 Å². The average molecular weight is 309 g/mol. The molecule has 2 rings (SSSR count). The summed E-state index contributed by atoms with van der Waals surface area (Å²) in [7, 11) is 0. The first-order chi connectivity index (χ1) is 8.56. The lowest BCUT2D eigenvalue weighted by atomic mass is 10.2. The SMILES string of the molecule is Cc1cc(F)ccc1NC(=O)c1cncc(Br)c1. The highest BCUT2D eigenvalue weighted by Gasteiger charge is 2.08. The van der Waals surface area contributed by atoms with Gasteiger partial charge < -0.3 is 5.32 Å². The number of halogens is 2. The lowest BCUT2D eigenvalue weighted by Crippen LogP contribution is -2.13. The molecule has 0 aliphatic carbocycles. The zero-order valence-corrected chi connectivity index (χ0v) is 11.2. The van der Waals surface area contributed by atoms with E-state index in [0.717, 1.165) is 4.47 Å². The van der Waals surface area contributed by atoms with Crippen molar-refractivity contribution in [3.63, 3.8) is 0 Å². The summed E-state index contributed by atoms with van der Waals surface area (Å²) in [5.74, 6) is -0.604. The molecular weight excluding hydrogens is 299 g/mol. The summed E-state index contributed by atoms with van der Waals surface area (Å²) in [4.78, 5) is 15.9. The highest BCUT2D eigenvalue weighted by molar-refractivity contribution is 9.10. The van der Waals surface area contributed by atoms with Gasteiger partial charge in [0, 0.05) is 22.6 Å². The van der Waals surface area contributed by atoms with Crippen LogP contribution in [-0.4, -0.2) is 10.9 Å². The second-order valence-electron chi connectivity index (χ2n) is 3.81. The molecule has 1 aromatic heterocycles. The molecule has 1 N–H and O–H groups in total. The first kappa shape index (κ1) is 12.7. The van der Waals surface area contributed by atoms with E-state index in [2.05, 4.69) is 26.2 Å². The second-order valence-corrected chi connectivity index (χ2v) is 4.72. The summed E-state index contributed by atoms with van der Waals surface area (Å²) in [6, 6.07) is 5.88. The van der Waals surface area contributed by atoms with Gasteiger partial charge in [0.2, 0.25) is 0 Å². The Bertz CT molecular complexity index is 601. The summed E-state index contributed by atoms with van der Waals surface area (Å²) in [6.45, 7) is 1.73. The van der Waals surface area contributed by atoms with Crippen molar-refractivity contribution in [2.75, 3.05) is 5.32 Å². The van der Waals surface area contributed by atoms with E-state index in [4.69, 9.17) is 0 Å². The van der Waals surface area contributed by atoms with Crippen molar-refractivity contribution in [2.45, 2.75) is 6.92 Å². The van der Waals surface area contributed by atoms with Crippen LogP contribution in [0, 0.1) is 12.7 Å². The zero-order valence-electron chi connectivity index (χ0n) is 9.58. The Balaban J connectivity index is 2.21. The number of pyridine rings is 1. The molecule has 5 heteroatoms. The molecule has 0 aliphatic heterocycles. The van der Waals surface area contributed by atoms with Gasteiger partial charge in [-0.25, -0.2) is 4.39 Å². The number of nitrogens with one attached hydrogen (secondary N) is 1. The second kappa shape index (κ2) is 5.27. The molecule has 0 unspecified atom stereocenters. The van der Waals surface area contributed by atoms with Crippen molar-refractivity contribution >= 4 is 27.5 Å². The molecule has 0 atom stereocenters. The summed E-state index contributed by atoms with van der Waals surface area (Å²) >= 11 is 3.25. The van der Waals surface area contributed by atoms with Gasteiger partial charge in [0.15, 0.2) is 0 Å². The molecule has 0 radical (unpaired) electrons. The Morgan fingerprint density at radius 2 is 2.11 bits per heavy atom. The molecule has 0 saturated carbocycles. The number of nitrogens with zero attached hydrogens (tertiary/aromatic N) is 1. The van der Waals surface area contributed by atoms with Crippen LogP contribution < -0.4 is 5.32 Å². The smallest absolute Gasteiger partial charge is 0.257 e. The monoisotopic (exact) mass is 308 g/mol. The third-order valence-electron chi connectivity index (χ3n) is 2.40. The van der Waals surface area contributed by atoms with Crippen molar-refractivity contribution in [1.29, 1.82) is 0 Å². The Kier molecular flexibility index (Phi) is 3.72. The van der Waals surface area contributed by atoms with Crippen molar-refractivity contribution in [2.24, 2.45) is 0 Å². The number of amides is 1. The average Bonchev–Trinajstić information content (AvgIpc) is 2.32. The first-order valence-electron chi connectivity index (χ1n) is 5.24. The quantitative estimate of drug-likeness (QED) is 0.922. The number of hydrogen-bond acceptors (Lipinski definition) is 2. The molecule has 1 aromatic carbocycles. The number of anilines is 1. The van der Waals surface area contributed by atoms with Crippen molar-refractivity contribution < 1.29 is 9.18 Å². The maximum atomic E-state index is 12.9. The van der Waals surface area contributed by atoms with Crippen LogP contribution >= 0.6 is 15.9 Å². The number of aryl methyl sites for hydroxylation is 1. The van der Waals surface area contributed by atoms with E-state index in [1.807, 2.05) is 0 Å². The van der Waals surface area contributed by atoms with E-state index in [0.29, 0.717) is 16.8 Å². The van der Waals surface area contributed by atoms with Gasteiger partial charge >= 0.3 is 0 Å². The normalized spacial score (nSPS) is 10.2. The summed E-state index contributed by atoms with van der Waals surface area (Å²) in [6.07, 6.45) is 3.07. The summed E-state index contributed by atoms with van der Waals surface area (Å²) in [5.41, 5.74) is 1.70. The number of benzene rings is 1. The maximum absolute atomic E-state index is 12.9. The van der Waals surface area contributed by atoms with Gasteiger partial charge in [0.1, 0.15) is 5.82 Å². The van der Waals surface area contributed by atoms with Gasteiger partial charge in [-0.05, 0) is 52.7 Å². The number of carbonyl (C=O) groups is 1. The van der Waals surface area contributed by atoms with Gasteiger partial charge in [0.25, 0.3) is 5.91 Å². The molecule has 1 heterocycles. The van der Waals surface area contributed by atoms with Crippen molar-refractivity contribution in [1.82, 2.24) is 4.98 Å². The highest BCUT2D eigenvalue weighted by Crippen LogP contribution is 2.17. The largest absolute Gasteiger partial charge is 0.322 e. The summed E-state index contributed by atoms with van der Waals surface area (Å²) in [5, 5.41) is 2.71. The molecular formula is C13H10BrFN2O. The van der Waals surface area contributed by atoms with Crippen LogP contribution in [0.4, 0.5) is 10.1 Å².